The Morgan fingerprint density at radius 3 is 2.57 bits per heavy atom. The van der Waals surface area contributed by atoms with E-state index in [0.29, 0.717) is 10.6 Å². The molecule has 0 aromatic heterocycles. The first-order chi connectivity index (χ1) is 13.1. The van der Waals surface area contributed by atoms with Gasteiger partial charge in [-0.15, -0.1) is 0 Å². The summed E-state index contributed by atoms with van der Waals surface area (Å²) in [5.74, 6) is -0.727. The minimum atomic E-state index is -4.51. The van der Waals surface area contributed by atoms with Crippen LogP contribution in [0.2, 0.25) is 5.02 Å². The summed E-state index contributed by atoms with van der Waals surface area (Å²) in [7, 11) is 0. The summed E-state index contributed by atoms with van der Waals surface area (Å²) < 4.78 is 49.1. The number of esters is 1. The average Bonchev–Trinajstić information content (AvgIpc) is 2.60. The lowest BCUT2D eigenvalue weighted by molar-refractivity contribution is -0.143. The van der Waals surface area contributed by atoms with Crippen molar-refractivity contribution in [2.24, 2.45) is 0 Å². The van der Waals surface area contributed by atoms with E-state index >= 15 is 0 Å². The van der Waals surface area contributed by atoms with E-state index in [1.807, 2.05) is 0 Å². The number of hydrogen-bond acceptors (Lipinski definition) is 4. The normalized spacial score (nSPS) is 11.0. The van der Waals surface area contributed by atoms with Gasteiger partial charge in [0.25, 0.3) is 0 Å². The molecule has 1 N–H and O–H groups in total. The lowest BCUT2D eigenvalue weighted by Crippen LogP contribution is -2.25. The molecule has 2 aromatic rings. The maximum Gasteiger partial charge on any atom is 0.416 e. The first-order valence-corrected chi connectivity index (χ1v) is 8.56. The van der Waals surface area contributed by atoms with Gasteiger partial charge in [0.2, 0.25) is 5.91 Å². The largest absolute Gasteiger partial charge is 0.464 e. The Hall–Kier alpha value is -2.74. The van der Waals surface area contributed by atoms with Crippen molar-refractivity contribution in [1.82, 2.24) is 5.32 Å². The van der Waals surface area contributed by atoms with Crippen LogP contribution in [0, 0.1) is 0 Å². The van der Waals surface area contributed by atoms with Crippen molar-refractivity contribution in [3.8, 4) is 11.5 Å². The van der Waals surface area contributed by atoms with Crippen LogP contribution < -0.4 is 10.1 Å². The van der Waals surface area contributed by atoms with Crippen LogP contribution in [0.3, 0.4) is 0 Å². The Labute approximate surface area is 164 Å². The molecule has 5 nitrogen and oxygen atoms in total. The Bertz CT molecular complexity index is 855. The molecule has 1 amide bonds. The van der Waals surface area contributed by atoms with Gasteiger partial charge in [-0.3, -0.25) is 9.59 Å². The summed E-state index contributed by atoms with van der Waals surface area (Å²) in [5.41, 5.74) is -0.461. The fourth-order valence-electron chi connectivity index (χ4n) is 2.23. The molecule has 0 bridgehead atoms. The number of nitrogens with one attached hydrogen (secondary N) is 1. The minimum Gasteiger partial charge on any atom is -0.464 e. The Balaban J connectivity index is 2.10. The summed E-state index contributed by atoms with van der Waals surface area (Å²) in [6.45, 7) is 1.51. The molecule has 0 heterocycles. The number of ether oxygens (including phenoxy) is 2. The second-order valence-corrected chi connectivity index (χ2v) is 6.20. The van der Waals surface area contributed by atoms with Gasteiger partial charge in [-0.25, -0.2) is 0 Å². The van der Waals surface area contributed by atoms with Gasteiger partial charge in [0, 0.05) is 17.5 Å². The standard InChI is InChI=1S/C19H17ClF3NO4/c1-12(25)24-7-8-27-18(26)9-13-5-6-15(20)11-17(13)28-16-4-2-3-14(10-16)19(21,22)23/h2-6,10-11H,7-9H2,1H3,(H,24,25). The smallest absolute Gasteiger partial charge is 0.416 e. The van der Waals surface area contributed by atoms with Crippen molar-refractivity contribution in [3.63, 3.8) is 0 Å². The van der Waals surface area contributed by atoms with Gasteiger partial charge in [-0.2, -0.15) is 13.2 Å². The van der Waals surface area contributed by atoms with Gasteiger partial charge in [0.15, 0.2) is 0 Å². The van der Waals surface area contributed by atoms with E-state index in [1.165, 1.54) is 37.3 Å². The molecule has 28 heavy (non-hydrogen) atoms. The predicted molar refractivity (Wildman–Crippen MR) is 96.3 cm³/mol. The van der Waals surface area contributed by atoms with E-state index < -0.39 is 17.7 Å². The van der Waals surface area contributed by atoms with Gasteiger partial charge >= 0.3 is 12.1 Å². The van der Waals surface area contributed by atoms with Crippen LogP contribution >= 0.6 is 11.6 Å². The molecule has 0 aliphatic carbocycles. The summed E-state index contributed by atoms with van der Waals surface area (Å²) >= 11 is 5.94. The third kappa shape index (κ3) is 6.77. The summed E-state index contributed by atoms with van der Waals surface area (Å²) in [6, 6.07) is 8.83. The second-order valence-electron chi connectivity index (χ2n) is 5.76. The molecule has 0 fully saturated rings. The molecular weight excluding hydrogens is 399 g/mol. The molecule has 0 aliphatic heterocycles. The molecule has 0 spiro atoms. The molecule has 2 aromatic carbocycles. The van der Waals surface area contributed by atoms with E-state index in [4.69, 9.17) is 21.1 Å². The third-order valence-electron chi connectivity index (χ3n) is 3.49. The average molecular weight is 416 g/mol. The Kier molecular flexibility index (Phi) is 7.28. The fourth-order valence-corrected chi connectivity index (χ4v) is 2.39. The van der Waals surface area contributed by atoms with Crippen LogP contribution in [-0.4, -0.2) is 25.0 Å². The van der Waals surface area contributed by atoms with Gasteiger partial charge in [0.1, 0.15) is 18.1 Å². The second kappa shape index (κ2) is 9.45. The quantitative estimate of drug-likeness (QED) is 0.538. The van der Waals surface area contributed by atoms with Gasteiger partial charge in [-0.1, -0.05) is 23.7 Å². The van der Waals surface area contributed by atoms with E-state index in [9.17, 15) is 22.8 Å². The molecule has 0 atom stereocenters. The molecule has 9 heteroatoms. The number of carbonyl (C=O) groups excluding carboxylic acids is 2. The molecule has 0 aliphatic rings. The maximum atomic E-state index is 12.9. The highest BCUT2D eigenvalue weighted by atomic mass is 35.5. The zero-order chi connectivity index (χ0) is 20.7. The highest BCUT2D eigenvalue weighted by Crippen LogP contribution is 2.34. The number of benzene rings is 2. The first-order valence-electron chi connectivity index (χ1n) is 8.19. The Morgan fingerprint density at radius 2 is 1.89 bits per heavy atom. The highest BCUT2D eigenvalue weighted by molar-refractivity contribution is 6.30. The third-order valence-corrected chi connectivity index (χ3v) is 3.73. The van der Waals surface area contributed by atoms with Crippen LogP contribution in [0.5, 0.6) is 11.5 Å². The topological polar surface area (TPSA) is 64.6 Å². The van der Waals surface area contributed by atoms with Crippen LogP contribution in [0.25, 0.3) is 0 Å². The zero-order valence-electron chi connectivity index (χ0n) is 14.8. The van der Waals surface area contributed by atoms with Crippen LogP contribution in [-0.2, 0) is 26.9 Å². The van der Waals surface area contributed by atoms with Crippen LogP contribution in [0.1, 0.15) is 18.1 Å². The number of carbonyl (C=O) groups is 2. The van der Waals surface area contributed by atoms with Crippen LogP contribution in [0.4, 0.5) is 13.2 Å². The number of alkyl halides is 3. The fraction of sp³-hybridized carbons (Fsp3) is 0.263. The zero-order valence-corrected chi connectivity index (χ0v) is 15.6. The Morgan fingerprint density at radius 1 is 1.14 bits per heavy atom. The van der Waals surface area contributed by atoms with Gasteiger partial charge in [0.05, 0.1) is 18.5 Å². The van der Waals surface area contributed by atoms with Crippen molar-refractivity contribution >= 4 is 23.5 Å². The number of hydrogen-bond donors (Lipinski definition) is 1. The van der Waals surface area contributed by atoms with E-state index in [-0.39, 0.29) is 37.0 Å². The first kappa shape index (κ1) is 21.6. The number of halogens is 4. The molecule has 0 radical (unpaired) electrons. The molecule has 0 saturated carbocycles. The SMILES string of the molecule is CC(=O)NCCOC(=O)Cc1ccc(Cl)cc1Oc1cccc(C(F)(F)F)c1. The molecule has 150 valence electrons. The monoisotopic (exact) mass is 415 g/mol. The minimum absolute atomic E-state index is 0.00415. The van der Waals surface area contributed by atoms with Crippen molar-refractivity contribution in [2.75, 3.05) is 13.2 Å². The number of amides is 1. The highest BCUT2D eigenvalue weighted by Gasteiger charge is 2.30. The summed E-state index contributed by atoms with van der Waals surface area (Å²) in [5, 5.41) is 2.78. The maximum absolute atomic E-state index is 12.9. The van der Waals surface area contributed by atoms with Gasteiger partial charge < -0.3 is 14.8 Å². The molecule has 0 unspecified atom stereocenters. The van der Waals surface area contributed by atoms with Crippen LogP contribution in [0.15, 0.2) is 42.5 Å². The van der Waals surface area contributed by atoms with E-state index in [0.717, 1.165) is 12.1 Å². The van der Waals surface area contributed by atoms with Gasteiger partial charge in [-0.05, 0) is 30.3 Å². The predicted octanol–water partition coefficient (Wildman–Crippen LogP) is 4.37. The van der Waals surface area contributed by atoms with Crippen molar-refractivity contribution in [3.05, 3.63) is 58.6 Å². The van der Waals surface area contributed by atoms with E-state index in [2.05, 4.69) is 5.32 Å². The lowest BCUT2D eigenvalue weighted by atomic mass is 10.1. The van der Waals surface area contributed by atoms with Crippen molar-refractivity contribution in [2.45, 2.75) is 19.5 Å². The molecule has 2 rings (SSSR count). The van der Waals surface area contributed by atoms with Crippen molar-refractivity contribution < 1.29 is 32.2 Å². The van der Waals surface area contributed by atoms with E-state index in [1.54, 1.807) is 0 Å². The molecule has 0 saturated heterocycles. The summed E-state index contributed by atoms with van der Waals surface area (Å²) in [6.07, 6.45) is -4.68. The van der Waals surface area contributed by atoms with Crippen molar-refractivity contribution in [1.29, 1.82) is 0 Å². The summed E-state index contributed by atoms with van der Waals surface area (Å²) in [4.78, 5) is 22.7. The number of rotatable bonds is 7. The lowest BCUT2D eigenvalue weighted by Gasteiger charge is -2.13. The molecular formula is C19H17ClF3NO4.